The Kier molecular flexibility index (Phi) is 4.99. The molecule has 7 nitrogen and oxygen atoms in total. The standard InChI is InChI=1S/C14H21N5O2/c1-16-5-4-6-17-14-18-10-8-12(21-3)11(20-2)7-9(10)13(15)19-14/h7-8,16H,4-6H2,1-3H3,(H3,15,17,18,19). The van der Waals surface area contributed by atoms with Gasteiger partial charge < -0.3 is 25.8 Å². The highest BCUT2D eigenvalue weighted by Crippen LogP contribution is 2.33. The fourth-order valence-electron chi connectivity index (χ4n) is 2.02. The predicted octanol–water partition coefficient (Wildman–Crippen LogP) is 1.25. The maximum absolute atomic E-state index is 6.00. The van der Waals surface area contributed by atoms with E-state index in [1.54, 1.807) is 26.4 Å². The zero-order chi connectivity index (χ0) is 15.2. The van der Waals surface area contributed by atoms with Crippen LogP contribution in [0.4, 0.5) is 11.8 Å². The minimum atomic E-state index is 0.414. The van der Waals surface area contributed by atoms with E-state index in [4.69, 9.17) is 15.2 Å². The van der Waals surface area contributed by atoms with Gasteiger partial charge in [0.1, 0.15) is 5.82 Å². The van der Waals surface area contributed by atoms with Crippen LogP contribution in [0.1, 0.15) is 6.42 Å². The summed E-state index contributed by atoms with van der Waals surface area (Å²) in [6.45, 7) is 1.71. The summed E-state index contributed by atoms with van der Waals surface area (Å²) in [5.41, 5.74) is 6.72. The van der Waals surface area contributed by atoms with Crippen LogP contribution < -0.4 is 25.8 Å². The molecular formula is C14H21N5O2. The number of fused-ring (bicyclic) bond motifs is 1. The summed E-state index contributed by atoms with van der Waals surface area (Å²) in [4.78, 5) is 8.73. The molecule has 0 aliphatic heterocycles. The van der Waals surface area contributed by atoms with Gasteiger partial charge in [-0.2, -0.15) is 4.98 Å². The molecule has 0 unspecified atom stereocenters. The quantitative estimate of drug-likeness (QED) is 0.661. The molecule has 1 aromatic carbocycles. The lowest BCUT2D eigenvalue weighted by Gasteiger charge is -2.11. The van der Waals surface area contributed by atoms with Crippen molar-refractivity contribution in [3.63, 3.8) is 0 Å². The van der Waals surface area contributed by atoms with Gasteiger partial charge >= 0.3 is 0 Å². The molecule has 1 heterocycles. The predicted molar refractivity (Wildman–Crippen MR) is 84.1 cm³/mol. The number of nitrogen functional groups attached to an aromatic ring is 1. The molecule has 0 atom stereocenters. The van der Waals surface area contributed by atoms with Crippen molar-refractivity contribution in [3.05, 3.63) is 12.1 Å². The van der Waals surface area contributed by atoms with E-state index in [0.717, 1.165) is 30.4 Å². The number of methoxy groups -OCH3 is 2. The average Bonchev–Trinajstić information content (AvgIpc) is 2.50. The lowest BCUT2D eigenvalue weighted by Crippen LogP contribution is -2.14. The first-order chi connectivity index (χ1) is 10.2. The first-order valence-corrected chi connectivity index (χ1v) is 6.77. The van der Waals surface area contributed by atoms with E-state index in [9.17, 15) is 0 Å². The zero-order valence-electron chi connectivity index (χ0n) is 12.6. The summed E-state index contributed by atoms with van der Waals surface area (Å²) in [7, 11) is 5.09. The molecule has 0 amide bonds. The topological polar surface area (TPSA) is 94.3 Å². The van der Waals surface area contributed by atoms with Gasteiger partial charge in [-0.25, -0.2) is 4.98 Å². The lowest BCUT2D eigenvalue weighted by molar-refractivity contribution is 0.356. The van der Waals surface area contributed by atoms with Crippen LogP contribution in [-0.4, -0.2) is 44.3 Å². The molecule has 0 saturated carbocycles. The van der Waals surface area contributed by atoms with Crippen LogP contribution in [0, 0.1) is 0 Å². The molecule has 0 bridgehead atoms. The molecule has 0 aliphatic carbocycles. The third kappa shape index (κ3) is 3.43. The van der Waals surface area contributed by atoms with Crippen molar-refractivity contribution in [1.29, 1.82) is 0 Å². The van der Waals surface area contributed by atoms with Gasteiger partial charge in [0.05, 0.1) is 19.7 Å². The Balaban J connectivity index is 2.31. The first kappa shape index (κ1) is 15.1. The van der Waals surface area contributed by atoms with Crippen molar-refractivity contribution in [2.45, 2.75) is 6.42 Å². The number of ether oxygens (including phenoxy) is 2. The van der Waals surface area contributed by atoms with Crippen molar-refractivity contribution in [3.8, 4) is 11.5 Å². The van der Waals surface area contributed by atoms with Gasteiger partial charge in [-0.3, -0.25) is 0 Å². The molecule has 1 aromatic heterocycles. The molecule has 7 heteroatoms. The third-order valence-electron chi connectivity index (χ3n) is 3.12. The number of hydrogen-bond donors (Lipinski definition) is 3. The third-order valence-corrected chi connectivity index (χ3v) is 3.12. The minimum Gasteiger partial charge on any atom is -0.493 e. The molecule has 2 aromatic rings. The molecule has 0 saturated heterocycles. The summed E-state index contributed by atoms with van der Waals surface area (Å²) in [6.07, 6.45) is 0.976. The van der Waals surface area contributed by atoms with Crippen LogP contribution in [0.5, 0.6) is 11.5 Å². The molecule has 4 N–H and O–H groups in total. The normalized spacial score (nSPS) is 10.6. The van der Waals surface area contributed by atoms with Crippen LogP contribution in [0.2, 0.25) is 0 Å². The zero-order valence-corrected chi connectivity index (χ0v) is 12.6. The maximum Gasteiger partial charge on any atom is 0.225 e. The SMILES string of the molecule is CNCCCNc1nc(N)c2cc(OC)c(OC)cc2n1. The largest absolute Gasteiger partial charge is 0.493 e. The molecule has 2 rings (SSSR count). The molecule has 0 fully saturated rings. The minimum absolute atomic E-state index is 0.414. The van der Waals surface area contributed by atoms with Crippen molar-refractivity contribution in [1.82, 2.24) is 15.3 Å². The lowest BCUT2D eigenvalue weighted by atomic mass is 10.2. The summed E-state index contributed by atoms with van der Waals surface area (Å²) in [5, 5.41) is 6.99. The number of benzene rings is 1. The van der Waals surface area contributed by atoms with Crippen LogP contribution in [0.15, 0.2) is 12.1 Å². The number of nitrogens with zero attached hydrogens (tertiary/aromatic N) is 2. The molecule has 0 aliphatic rings. The highest BCUT2D eigenvalue weighted by molar-refractivity contribution is 5.91. The van der Waals surface area contributed by atoms with E-state index in [-0.39, 0.29) is 0 Å². The molecule has 114 valence electrons. The smallest absolute Gasteiger partial charge is 0.225 e. The van der Waals surface area contributed by atoms with Crippen LogP contribution in [-0.2, 0) is 0 Å². The monoisotopic (exact) mass is 291 g/mol. The Hall–Kier alpha value is -2.28. The summed E-state index contributed by atoms with van der Waals surface area (Å²) in [5.74, 6) is 2.15. The van der Waals surface area contributed by atoms with Crippen molar-refractivity contribution < 1.29 is 9.47 Å². The molecule has 0 radical (unpaired) electrons. The van der Waals surface area contributed by atoms with E-state index < -0.39 is 0 Å². The number of anilines is 2. The maximum atomic E-state index is 6.00. The second-order valence-corrected chi connectivity index (χ2v) is 4.54. The van der Waals surface area contributed by atoms with Gasteiger partial charge in [0.2, 0.25) is 5.95 Å². The number of nitrogens with two attached hydrogens (primary N) is 1. The van der Waals surface area contributed by atoms with E-state index >= 15 is 0 Å². The highest BCUT2D eigenvalue weighted by atomic mass is 16.5. The van der Waals surface area contributed by atoms with Crippen LogP contribution >= 0.6 is 0 Å². The Morgan fingerprint density at radius 3 is 2.48 bits per heavy atom. The van der Waals surface area contributed by atoms with Gasteiger partial charge in [-0.15, -0.1) is 0 Å². The molecular weight excluding hydrogens is 270 g/mol. The number of nitrogens with one attached hydrogen (secondary N) is 2. The van der Waals surface area contributed by atoms with Crippen LogP contribution in [0.25, 0.3) is 10.9 Å². The Morgan fingerprint density at radius 1 is 1.10 bits per heavy atom. The number of rotatable bonds is 7. The second-order valence-electron chi connectivity index (χ2n) is 4.54. The Morgan fingerprint density at radius 2 is 1.81 bits per heavy atom. The van der Waals surface area contributed by atoms with Gasteiger partial charge in [-0.1, -0.05) is 0 Å². The number of hydrogen-bond acceptors (Lipinski definition) is 7. The molecule has 21 heavy (non-hydrogen) atoms. The summed E-state index contributed by atoms with van der Waals surface area (Å²) >= 11 is 0. The van der Waals surface area contributed by atoms with Crippen molar-refractivity contribution in [2.75, 3.05) is 45.4 Å². The fourth-order valence-corrected chi connectivity index (χ4v) is 2.02. The van der Waals surface area contributed by atoms with E-state index in [1.807, 2.05) is 7.05 Å². The Labute approximate surface area is 123 Å². The van der Waals surface area contributed by atoms with E-state index in [2.05, 4.69) is 20.6 Å². The fraction of sp³-hybridized carbons (Fsp3) is 0.429. The summed E-state index contributed by atoms with van der Waals surface area (Å²) in [6, 6.07) is 3.58. The first-order valence-electron chi connectivity index (χ1n) is 6.77. The van der Waals surface area contributed by atoms with E-state index in [0.29, 0.717) is 23.3 Å². The second kappa shape index (κ2) is 6.94. The summed E-state index contributed by atoms with van der Waals surface area (Å²) < 4.78 is 10.5. The highest BCUT2D eigenvalue weighted by Gasteiger charge is 2.11. The Bertz CT molecular complexity index is 618. The average molecular weight is 291 g/mol. The van der Waals surface area contributed by atoms with Gasteiger partial charge in [0.15, 0.2) is 11.5 Å². The number of aromatic nitrogens is 2. The van der Waals surface area contributed by atoms with Gasteiger partial charge in [0.25, 0.3) is 0 Å². The van der Waals surface area contributed by atoms with Crippen molar-refractivity contribution in [2.24, 2.45) is 0 Å². The van der Waals surface area contributed by atoms with E-state index in [1.165, 1.54) is 0 Å². The van der Waals surface area contributed by atoms with Gasteiger partial charge in [0, 0.05) is 18.0 Å². The van der Waals surface area contributed by atoms with Crippen LogP contribution in [0.3, 0.4) is 0 Å². The van der Waals surface area contributed by atoms with Gasteiger partial charge in [-0.05, 0) is 26.1 Å². The van der Waals surface area contributed by atoms with Crippen molar-refractivity contribution >= 4 is 22.7 Å². The molecule has 0 spiro atoms.